The van der Waals surface area contributed by atoms with E-state index in [4.69, 9.17) is 14.2 Å². The topological polar surface area (TPSA) is 78.9 Å². The molecule has 0 aliphatic carbocycles. The molecule has 0 heterocycles. The third-order valence-corrected chi connectivity index (χ3v) is 15.2. The number of hydrogen-bond acceptors (Lipinski definition) is 6. The maximum atomic E-state index is 12.9. The van der Waals surface area contributed by atoms with E-state index in [9.17, 15) is 14.4 Å². The van der Waals surface area contributed by atoms with Crippen LogP contribution in [-0.4, -0.2) is 37.2 Å². The van der Waals surface area contributed by atoms with E-state index in [-0.39, 0.29) is 31.1 Å². The fraction of sp³-hybridized carbons (Fsp3) is 0.955. The van der Waals surface area contributed by atoms with Gasteiger partial charge in [0.05, 0.1) is 0 Å². The lowest BCUT2D eigenvalue weighted by Crippen LogP contribution is -2.30. The Morgan fingerprint density at radius 1 is 0.264 bits per heavy atom. The molecule has 0 N–H and O–H groups in total. The molecule has 6 heteroatoms. The summed E-state index contributed by atoms with van der Waals surface area (Å²) in [4.78, 5) is 38.3. The second kappa shape index (κ2) is 58.7. The molecule has 0 aromatic carbocycles. The van der Waals surface area contributed by atoms with Crippen molar-refractivity contribution in [2.75, 3.05) is 13.2 Å². The van der Waals surface area contributed by atoms with Crippen LogP contribution in [0.4, 0.5) is 0 Å². The largest absolute Gasteiger partial charge is 0.462 e. The fourth-order valence-corrected chi connectivity index (χ4v) is 10.3. The minimum atomic E-state index is -0.764. The zero-order valence-electron chi connectivity index (χ0n) is 49.6. The van der Waals surface area contributed by atoms with Crippen LogP contribution in [0, 0.1) is 11.8 Å². The number of carbonyl (C=O) groups excluding carboxylic acids is 3. The summed E-state index contributed by atoms with van der Waals surface area (Å²) in [6, 6.07) is 0. The predicted octanol–water partition coefficient (Wildman–Crippen LogP) is 22.0. The number of ether oxygens (including phenoxy) is 3. The SMILES string of the molecule is CCCCCCCCCCCCCCCCCC(=O)OC[C@H](COC(=O)CCCCCCCCCCCCCCCCCC(C)C)OC(=O)CCCCCCCCCCCCCCCCCCCCC(C)C. The van der Waals surface area contributed by atoms with Gasteiger partial charge in [0.2, 0.25) is 0 Å². The van der Waals surface area contributed by atoms with E-state index >= 15 is 0 Å². The Morgan fingerprint density at radius 2 is 0.458 bits per heavy atom. The number of carbonyl (C=O) groups is 3. The van der Waals surface area contributed by atoms with Gasteiger partial charge in [-0.25, -0.2) is 0 Å². The number of esters is 3. The molecule has 428 valence electrons. The van der Waals surface area contributed by atoms with E-state index in [2.05, 4.69) is 34.6 Å². The number of rotatable bonds is 60. The van der Waals surface area contributed by atoms with Crippen LogP contribution >= 0.6 is 0 Å². The summed E-state index contributed by atoms with van der Waals surface area (Å²) in [5.74, 6) is 0.879. The Bertz CT molecular complexity index is 1100. The summed E-state index contributed by atoms with van der Waals surface area (Å²) in [5.41, 5.74) is 0. The van der Waals surface area contributed by atoms with Crippen LogP contribution in [0.3, 0.4) is 0 Å². The number of hydrogen-bond donors (Lipinski definition) is 0. The van der Waals surface area contributed by atoms with Gasteiger partial charge in [0.1, 0.15) is 13.2 Å². The Morgan fingerprint density at radius 3 is 0.681 bits per heavy atom. The van der Waals surface area contributed by atoms with Crippen molar-refractivity contribution >= 4 is 17.9 Å². The average Bonchev–Trinajstić information content (AvgIpc) is 3.36. The van der Waals surface area contributed by atoms with Crippen molar-refractivity contribution in [1.82, 2.24) is 0 Å². The first-order valence-corrected chi connectivity index (χ1v) is 32.7. The highest BCUT2D eigenvalue weighted by Crippen LogP contribution is 2.19. The molecule has 0 radical (unpaired) electrons. The molecule has 0 saturated carbocycles. The van der Waals surface area contributed by atoms with Crippen LogP contribution in [-0.2, 0) is 28.6 Å². The molecular formula is C66H128O6. The molecule has 0 aliphatic heterocycles. The van der Waals surface area contributed by atoms with Gasteiger partial charge in [-0.1, -0.05) is 336 Å². The first-order valence-electron chi connectivity index (χ1n) is 32.7. The Kier molecular flexibility index (Phi) is 57.4. The minimum absolute atomic E-state index is 0.0616. The van der Waals surface area contributed by atoms with Crippen LogP contribution in [0.15, 0.2) is 0 Å². The van der Waals surface area contributed by atoms with E-state index in [0.717, 1.165) is 69.6 Å². The molecule has 1 atom stereocenters. The first kappa shape index (κ1) is 70.4. The average molecular weight is 1020 g/mol. The van der Waals surface area contributed by atoms with Gasteiger partial charge in [-0.2, -0.15) is 0 Å². The Balaban J connectivity index is 4.27. The summed E-state index contributed by atoms with van der Waals surface area (Å²) in [7, 11) is 0. The molecular weight excluding hydrogens is 889 g/mol. The molecule has 0 fully saturated rings. The standard InChI is InChI=1S/C66H128O6/c1-6-7-8-9-10-11-12-13-19-26-31-36-41-46-51-56-64(67)70-59-63(60-71-65(68)57-52-47-42-37-32-27-23-18-21-25-30-35-40-45-50-55-62(4)5)72-66(69)58-53-48-43-38-33-28-22-17-15-14-16-20-24-29-34-39-44-49-54-61(2)3/h61-63H,6-60H2,1-5H3/t63-/m1/s1. The van der Waals surface area contributed by atoms with Gasteiger partial charge in [0, 0.05) is 19.3 Å². The molecule has 0 spiro atoms. The van der Waals surface area contributed by atoms with Crippen molar-refractivity contribution in [1.29, 1.82) is 0 Å². The summed E-state index contributed by atoms with van der Waals surface area (Å²) < 4.78 is 17.0. The lowest BCUT2D eigenvalue weighted by atomic mass is 10.0. The highest BCUT2D eigenvalue weighted by molar-refractivity contribution is 5.71. The van der Waals surface area contributed by atoms with Crippen molar-refractivity contribution in [3.8, 4) is 0 Å². The van der Waals surface area contributed by atoms with E-state index in [0.29, 0.717) is 19.3 Å². The minimum Gasteiger partial charge on any atom is -0.462 e. The zero-order chi connectivity index (χ0) is 52.5. The van der Waals surface area contributed by atoms with Crippen LogP contribution in [0.25, 0.3) is 0 Å². The zero-order valence-corrected chi connectivity index (χ0v) is 49.6. The third-order valence-electron chi connectivity index (χ3n) is 15.2. The van der Waals surface area contributed by atoms with Crippen molar-refractivity contribution < 1.29 is 28.6 Å². The molecule has 0 rings (SSSR count). The predicted molar refractivity (Wildman–Crippen MR) is 312 cm³/mol. The second-order valence-electron chi connectivity index (χ2n) is 23.7. The highest BCUT2D eigenvalue weighted by atomic mass is 16.6. The lowest BCUT2D eigenvalue weighted by molar-refractivity contribution is -0.167. The van der Waals surface area contributed by atoms with Crippen molar-refractivity contribution in [2.24, 2.45) is 11.8 Å². The summed E-state index contributed by atoms with van der Waals surface area (Å²) in [5, 5.41) is 0. The molecule has 0 amide bonds. The maximum Gasteiger partial charge on any atom is 0.306 e. The van der Waals surface area contributed by atoms with Gasteiger partial charge in [0.25, 0.3) is 0 Å². The van der Waals surface area contributed by atoms with Crippen LogP contribution in [0.5, 0.6) is 0 Å². The molecule has 72 heavy (non-hydrogen) atoms. The van der Waals surface area contributed by atoms with E-state index in [1.54, 1.807) is 0 Å². The molecule has 0 aliphatic rings. The van der Waals surface area contributed by atoms with Gasteiger partial charge in [-0.05, 0) is 31.1 Å². The molecule has 0 unspecified atom stereocenters. The smallest absolute Gasteiger partial charge is 0.306 e. The second-order valence-corrected chi connectivity index (χ2v) is 23.7. The fourth-order valence-electron chi connectivity index (χ4n) is 10.3. The van der Waals surface area contributed by atoms with Crippen molar-refractivity contribution in [2.45, 2.75) is 381 Å². The van der Waals surface area contributed by atoms with E-state index in [1.807, 2.05) is 0 Å². The maximum absolute atomic E-state index is 12.9. The molecule has 0 aromatic heterocycles. The van der Waals surface area contributed by atoms with E-state index in [1.165, 1.54) is 263 Å². The summed E-state index contributed by atoms with van der Waals surface area (Å²) in [6.07, 6.45) is 65.3. The van der Waals surface area contributed by atoms with Gasteiger partial charge >= 0.3 is 17.9 Å². The van der Waals surface area contributed by atoms with Gasteiger partial charge in [0.15, 0.2) is 6.10 Å². The third kappa shape index (κ3) is 59.3. The van der Waals surface area contributed by atoms with Gasteiger partial charge in [-0.15, -0.1) is 0 Å². The van der Waals surface area contributed by atoms with Crippen molar-refractivity contribution in [3.63, 3.8) is 0 Å². The van der Waals surface area contributed by atoms with Gasteiger partial charge < -0.3 is 14.2 Å². The summed E-state index contributed by atoms with van der Waals surface area (Å²) >= 11 is 0. The Hall–Kier alpha value is -1.59. The van der Waals surface area contributed by atoms with E-state index < -0.39 is 6.10 Å². The van der Waals surface area contributed by atoms with Crippen LogP contribution in [0.1, 0.15) is 375 Å². The molecule has 0 saturated heterocycles. The Labute approximate surface area is 450 Å². The quantitative estimate of drug-likeness (QED) is 0.0343. The lowest BCUT2D eigenvalue weighted by Gasteiger charge is -2.18. The van der Waals surface area contributed by atoms with Crippen LogP contribution < -0.4 is 0 Å². The molecule has 0 aromatic rings. The molecule has 0 bridgehead atoms. The normalized spacial score (nSPS) is 12.0. The highest BCUT2D eigenvalue weighted by Gasteiger charge is 2.19. The molecule has 6 nitrogen and oxygen atoms in total. The van der Waals surface area contributed by atoms with Gasteiger partial charge in [-0.3, -0.25) is 14.4 Å². The van der Waals surface area contributed by atoms with Crippen LogP contribution in [0.2, 0.25) is 0 Å². The summed E-state index contributed by atoms with van der Waals surface area (Å²) in [6.45, 7) is 11.5. The monoisotopic (exact) mass is 1020 g/mol. The van der Waals surface area contributed by atoms with Crippen molar-refractivity contribution in [3.05, 3.63) is 0 Å². The number of unbranched alkanes of at least 4 members (excludes halogenated alkanes) is 45. The first-order chi connectivity index (χ1) is 35.2.